The molecular weight excluding hydrogens is 774 g/mol. The van der Waals surface area contributed by atoms with E-state index in [1.807, 2.05) is 21.1 Å². The van der Waals surface area contributed by atoms with Crippen LogP contribution in [0.4, 0.5) is 0 Å². The zero-order valence-corrected chi connectivity index (χ0v) is 39.0. The first-order valence-electron chi connectivity index (χ1n) is 22.6. The van der Waals surface area contributed by atoms with E-state index in [1.54, 1.807) is 0 Å². The smallest absolute Gasteiger partial charge is 0.462 e. The lowest BCUT2D eigenvalue weighted by Gasteiger charge is -2.24. The van der Waals surface area contributed by atoms with E-state index in [9.17, 15) is 19.0 Å². The Morgan fingerprint density at radius 1 is 0.517 bits per heavy atom. The van der Waals surface area contributed by atoms with Gasteiger partial charge >= 0.3 is 19.8 Å². The van der Waals surface area contributed by atoms with Crippen LogP contribution < -0.4 is 0 Å². The predicted molar refractivity (Wildman–Crippen MR) is 251 cm³/mol. The Morgan fingerprint density at radius 3 is 1.37 bits per heavy atom. The molecule has 0 saturated carbocycles. The molecule has 0 aliphatic heterocycles. The van der Waals surface area contributed by atoms with Crippen LogP contribution in [0.2, 0.25) is 0 Å². The van der Waals surface area contributed by atoms with E-state index in [1.165, 1.54) is 0 Å². The lowest BCUT2D eigenvalue weighted by molar-refractivity contribution is -0.870. The quantitative estimate of drug-likeness (QED) is 0.0214. The van der Waals surface area contributed by atoms with Crippen molar-refractivity contribution in [3.63, 3.8) is 0 Å². The number of phosphoric ester groups is 1. The maximum absolute atomic E-state index is 12.7. The molecule has 60 heavy (non-hydrogen) atoms. The van der Waals surface area contributed by atoms with Crippen LogP contribution in [-0.2, 0) is 32.7 Å². The number of unbranched alkanes of at least 4 members (excludes halogenated alkanes) is 7. The fourth-order valence-electron chi connectivity index (χ4n) is 5.32. The van der Waals surface area contributed by atoms with Crippen LogP contribution in [-0.4, -0.2) is 74.9 Å². The first-order chi connectivity index (χ1) is 29.0. The molecule has 0 aliphatic rings. The molecule has 2 unspecified atom stereocenters. The molecule has 1 N–H and O–H groups in total. The second-order valence-electron chi connectivity index (χ2n) is 15.7. The van der Waals surface area contributed by atoms with Crippen LogP contribution in [0.15, 0.2) is 109 Å². The minimum Gasteiger partial charge on any atom is -0.462 e. The number of hydrogen-bond donors (Lipinski definition) is 1. The number of likely N-dealkylation sites (N-methyl/N-ethyl adjacent to an activating group) is 1. The fourth-order valence-corrected chi connectivity index (χ4v) is 6.06. The second kappa shape index (κ2) is 41.0. The van der Waals surface area contributed by atoms with Crippen molar-refractivity contribution in [3.8, 4) is 0 Å². The van der Waals surface area contributed by atoms with E-state index in [-0.39, 0.29) is 26.1 Å². The number of rotatable bonds is 39. The van der Waals surface area contributed by atoms with E-state index in [0.29, 0.717) is 23.9 Å². The van der Waals surface area contributed by atoms with Gasteiger partial charge in [0.1, 0.15) is 19.8 Å². The van der Waals surface area contributed by atoms with E-state index in [2.05, 4.69) is 123 Å². The zero-order valence-electron chi connectivity index (χ0n) is 38.1. The third-order valence-corrected chi connectivity index (χ3v) is 9.78. The van der Waals surface area contributed by atoms with Gasteiger partial charge in [-0.2, -0.15) is 0 Å². The zero-order chi connectivity index (χ0) is 44.3. The molecule has 9 nitrogen and oxygen atoms in total. The van der Waals surface area contributed by atoms with Crippen LogP contribution >= 0.6 is 7.82 Å². The number of carbonyl (C=O) groups excluding carboxylic acids is 2. The number of quaternary nitrogens is 1. The maximum atomic E-state index is 12.7. The van der Waals surface area contributed by atoms with Crippen molar-refractivity contribution in [2.45, 2.75) is 148 Å². The van der Waals surface area contributed by atoms with E-state index < -0.39 is 32.5 Å². The van der Waals surface area contributed by atoms with Gasteiger partial charge in [0, 0.05) is 12.8 Å². The molecule has 0 aromatic heterocycles. The first-order valence-corrected chi connectivity index (χ1v) is 24.1. The summed E-state index contributed by atoms with van der Waals surface area (Å²) >= 11 is 0. The van der Waals surface area contributed by atoms with Crippen LogP contribution in [0.5, 0.6) is 0 Å². The molecule has 0 spiro atoms. The summed E-state index contributed by atoms with van der Waals surface area (Å²) in [6.07, 6.45) is 55.7. The molecule has 0 aromatic rings. The molecule has 0 fully saturated rings. The molecule has 0 aliphatic carbocycles. The van der Waals surface area contributed by atoms with Gasteiger partial charge in [-0.3, -0.25) is 18.6 Å². The summed E-state index contributed by atoms with van der Waals surface area (Å²) in [5.74, 6) is -0.882. The predicted octanol–water partition coefficient (Wildman–Crippen LogP) is 13.1. The van der Waals surface area contributed by atoms with E-state index in [4.69, 9.17) is 18.5 Å². The average Bonchev–Trinajstić information content (AvgIpc) is 3.20. The summed E-state index contributed by atoms with van der Waals surface area (Å²) in [5.41, 5.74) is 0. The highest BCUT2D eigenvalue weighted by Crippen LogP contribution is 2.43. The topological polar surface area (TPSA) is 108 Å². The molecule has 0 saturated heterocycles. The summed E-state index contributed by atoms with van der Waals surface area (Å²) < 4.78 is 34.3. The highest BCUT2D eigenvalue weighted by atomic mass is 31.2. The van der Waals surface area contributed by atoms with Crippen molar-refractivity contribution in [3.05, 3.63) is 109 Å². The van der Waals surface area contributed by atoms with Gasteiger partial charge in [0.05, 0.1) is 27.7 Å². The molecule has 2 atom stereocenters. The molecule has 340 valence electrons. The van der Waals surface area contributed by atoms with Crippen LogP contribution in [0.3, 0.4) is 0 Å². The fraction of sp³-hybridized carbons (Fsp3) is 0.600. The maximum Gasteiger partial charge on any atom is 0.472 e. The first kappa shape index (κ1) is 56.7. The monoisotopic (exact) mass is 857 g/mol. The molecule has 0 radical (unpaired) electrons. The number of hydrogen-bond acceptors (Lipinski definition) is 7. The molecule has 0 aromatic carbocycles. The molecule has 0 rings (SSSR count). The van der Waals surface area contributed by atoms with Gasteiger partial charge in [0.15, 0.2) is 6.10 Å². The summed E-state index contributed by atoms with van der Waals surface area (Å²) in [4.78, 5) is 35.4. The Hall–Kier alpha value is -3.33. The average molecular weight is 857 g/mol. The number of ether oxygens (including phenoxy) is 2. The number of allylic oxidation sites excluding steroid dienone is 18. The standard InChI is InChI=1S/C50H82NO8P/c1-6-8-10-12-14-16-18-20-22-23-24-25-26-27-29-31-33-35-37-39-41-43-50(53)59-48(47-58-60(54,55)57-45-44-51(3,4)5)46-56-49(52)42-40-38-36-34-32-30-28-21-19-17-15-13-11-9-7-2/h8-11,14-17,20-22,24-25,27-29,32,34,48H,6-7,12-13,18-19,23,26,30-31,33,35-47H2,1-5H3/p+1/b10-8-,11-9-,16-14-,17-15-,22-20-,25-24-,28-21-,29-27-,34-32-. The number of esters is 2. The van der Waals surface area contributed by atoms with Gasteiger partial charge in [0.2, 0.25) is 0 Å². The molecule has 0 amide bonds. The summed E-state index contributed by atoms with van der Waals surface area (Å²) in [6.45, 7) is 4.09. The lowest BCUT2D eigenvalue weighted by Crippen LogP contribution is -2.37. The van der Waals surface area contributed by atoms with E-state index >= 15 is 0 Å². The molecule has 0 bridgehead atoms. The van der Waals surface area contributed by atoms with Crippen molar-refractivity contribution in [2.24, 2.45) is 0 Å². The summed E-state index contributed by atoms with van der Waals surface area (Å²) in [5, 5.41) is 0. The Bertz CT molecular complexity index is 1380. The second-order valence-corrected chi connectivity index (χ2v) is 17.1. The SMILES string of the molecule is CC/C=C\C/C=C\C/C=C\C/C=C\C/C=C\CCCCCCCC(=O)OC(COC(=O)CCCC/C=C\C/C=C\C/C=C\C/C=C\CC)COP(=O)(O)OCC[N+](C)(C)C. The van der Waals surface area contributed by atoms with Gasteiger partial charge in [-0.25, -0.2) is 4.57 Å². The minimum atomic E-state index is -4.40. The molecule has 0 heterocycles. The van der Waals surface area contributed by atoms with Gasteiger partial charge in [-0.1, -0.05) is 142 Å². The Labute approximate surface area is 366 Å². The van der Waals surface area contributed by atoms with Gasteiger partial charge in [0.25, 0.3) is 0 Å². The third kappa shape index (κ3) is 44.2. The third-order valence-electron chi connectivity index (χ3n) is 8.80. The highest BCUT2D eigenvalue weighted by Gasteiger charge is 2.27. The van der Waals surface area contributed by atoms with Crippen molar-refractivity contribution >= 4 is 19.8 Å². The van der Waals surface area contributed by atoms with Crippen molar-refractivity contribution in [2.75, 3.05) is 47.5 Å². The van der Waals surface area contributed by atoms with Gasteiger partial charge in [-0.15, -0.1) is 0 Å². The van der Waals surface area contributed by atoms with Crippen LogP contribution in [0.1, 0.15) is 142 Å². The number of carbonyl (C=O) groups is 2. The largest absolute Gasteiger partial charge is 0.472 e. The number of phosphoric acid groups is 1. The van der Waals surface area contributed by atoms with Gasteiger partial charge < -0.3 is 18.9 Å². The Balaban J connectivity index is 4.46. The van der Waals surface area contributed by atoms with Crippen molar-refractivity contribution in [1.82, 2.24) is 0 Å². The highest BCUT2D eigenvalue weighted by molar-refractivity contribution is 7.47. The summed E-state index contributed by atoms with van der Waals surface area (Å²) in [7, 11) is 1.42. The van der Waals surface area contributed by atoms with Crippen LogP contribution in [0.25, 0.3) is 0 Å². The van der Waals surface area contributed by atoms with Crippen molar-refractivity contribution in [1.29, 1.82) is 0 Å². The van der Waals surface area contributed by atoms with Crippen LogP contribution in [0, 0.1) is 0 Å². The Kier molecular flexibility index (Phi) is 38.8. The number of nitrogens with zero attached hydrogens (tertiary/aromatic N) is 1. The summed E-state index contributed by atoms with van der Waals surface area (Å²) in [6, 6.07) is 0. The molecular formula is C50H83NO8P+. The van der Waals surface area contributed by atoms with Crippen molar-refractivity contribution < 1.29 is 42.1 Å². The molecule has 10 heteroatoms. The Morgan fingerprint density at radius 2 is 0.900 bits per heavy atom. The lowest BCUT2D eigenvalue weighted by atomic mass is 10.1. The minimum absolute atomic E-state index is 0.0138. The van der Waals surface area contributed by atoms with E-state index in [0.717, 1.165) is 103 Å². The normalized spacial score (nSPS) is 14.6. The van der Waals surface area contributed by atoms with Gasteiger partial charge in [-0.05, 0) is 96.3 Å².